The Balaban J connectivity index is 1.55. The average Bonchev–Trinajstić information content (AvgIpc) is 3.37. The molecule has 1 N–H and O–H groups in total. The van der Waals surface area contributed by atoms with Gasteiger partial charge in [0.05, 0.1) is 11.3 Å². The molecule has 0 aliphatic carbocycles. The molecule has 3 rings (SSSR count). The lowest BCUT2D eigenvalue weighted by Crippen LogP contribution is -2.38. The Hall–Kier alpha value is -2.98. The second-order valence-electron chi connectivity index (χ2n) is 6.11. The lowest BCUT2D eigenvalue weighted by molar-refractivity contribution is -0.142. The van der Waals surface area contributed by atoms with E-state index in [2.05, 4.69) is 5.32 Å². The minimum absolute atomic E-state index is 0.0647. The Morgan fingerprint density at radius 3 is 2.60 bits per heavy atom. The number of carbonyl (C=O) groups excluding carboxylic acids is 4. The van der Waals surface area contributed by atoms with E-state index in [0.29, 0.717) is 10.4 Å². The van der Waals surface area contributed by atoms with Crippen molar-refractivity contribution >= 4 is 57.8 Å². The highest BCUT2D eigenvalue weighted by Crippen LogP contribution is 2.24. The fourth-order valence-electron chi connectivity index (χ4n) is 2.55. The number of carbonyl (C=O) groups is 4. The summed E-state index contributed by atoms with van der Waals surface area (Å²) in [5, 5.41) is 3.96. The standard InChI is InChI=1S/C20H17FN2O5S2/c21-14-5-3-13(4-6-14)10-15(16-2-1-9-29-16)19(26)28-11-17(24)22-7-8-23-18(25)12-30-20(23)27/h1-6,9-10H,7-8,11-12H2,(H,22,24). The highest BCUT2D eigenvalue weighted by atomic mass is 32.2. The molecule has 0 radical (unpaired) electrons. The number of hydrogen-bond acceptors (Lipinski definition) is 7. The molecule has 1 aliphatic rings. The number of nitrogens with one attached hydrogen (secondary N) is 1. The maximum Gasteiger partial charge on any atom is 0.340 e. The predicted octanol–water partition coefficient (Wildman–Crippen LogP) is 2.78. The summed E-state index contributed by atoms with van der Waals surface area (Å²) in [6.45, 7) is -0.380. The number of thiophene rings is 1. The van der Waals surface area contributed by atoms with Gasteiger partial charge in [0, 0.05) is 18.0 Å². The Labute approximate surface area is 179 Å². The van der Waals surface area contributed by atoms with Crippen LogP contribution in [0.5, 0.6) is 0 Å². The predicted molar refractivity (Wildman–Crippen MR) is 112 cm³/mol. The number of thioether (sulfide) groups is 1. The van der Waals surface area contributed by atoms with Gasteiger partial charge < -0.3 is 10.1 Å². The number of ether oxygens (including phenoxy) is 1. The summed E-state index contributed by atoms with van der Waals surface area (Å²) in [6, 6.07) is 9.14. The van der Waals surface area contributed by atoms with Gasteiger partial charge in [-0.2, -0.15) is 0 Å². The third kappa shape index (κ3) is 5.77. The maximum absolute atomic E-state index is 13.1. The number of imide groups is 1. The lowest BCUT2D eigenvalue weighted by atomic mass is 10.1. The number of amides is 3. The molecule has 30 heavy (non-hydrogen) atoms. The van der Waals surface area contributed by atoms with Gasteiger partial charge in [-0.3, -0.25) is 19.3 Å². The van der Waals surface area contributed by atoms with Crippen molar-refractivity contribution in [2.75, 3.05) is 25.4 Å². The van der Waals surface area contributed by atoms with Crippen LogP contribution in [-0.2, 0) is 19.1 Å². The molecule has 2 aromatic rings. The van der Waals surface area contributed by atoms with E-state index in [0.717, 1.165) is 16.7 Å². The number of benzene rings is 1. The van der Waals surface area contributed by atoms with Crippen LogP contribution in [0, 0.1) is 5.82 Å². The van der Waals surface area contributed by atoms with Crippen LogP contribution < -0.4 is 5.32 Å². The first-order valence-electron chi connectivity index (χ1n) is 8.86. The van der Waals surface area contributed by atoms with Crippen molar-refractivity contribution in [1.82, 2.24) is 10.2 Å². The molecule has 0 atom stereocenters. The Morgan fingerprint density at radius 1 is 1.20 bits per heavy atom. The summed E-state index contributed by atoms with van der Waals surface area (Å²) in [4.78, 5) is 49.2. The maximum atomic E-state index is 13.1. The van der Waals surface area contributed by atoms with Crippen molar-refractivity contribution in [2.45, 2.75) is 0 Å². The van der Waals surface area contributed by atoms with Gasteiger partial charge in [-0.1, -0.05) is 30.0 Å². The van der Waals surface area contributed by atoms with Crippen molar-refractivity contribution in [3.63, 3.8) is 0 Å². The molecule has 1 aliphatic heterocycles. The molecule has 0 bridgehead atoms. The molecule has 1 aromatic carbocycles. The molecule has 1 aromatic heterocycles. The van der Waals surface area contributed by atoms with Crippen molar-refractivity contribution < 1.29 is 28.3 Å². The fourth-order valence-corrected chi connectivity index (χ4v) is 4.03. The van der Waals surface area contributed by atoms with Gasteiger partial charge in [0.1, 0.15) is 5.82 Å². The summed E-state index contributed by atoms with van der Waals surface area (Å²) in [5.74, 6) is -1.83. The van der Waals surface area contributed by atoms with Crippen LogP contribution in [-0.4, -0.2) is 53.4 Å². The molecule has 0 spiro atoms. The molecule has 2 heterocycles. The van der Waals surface area contributed by atoms with Crippen molar-refractivity contribution in [2.24, 2.45) is 0 Å². The van der Waals surface area contributed by atoms with E-state index < -0.39 is 18.5 Å². The zero-order valence-electron chi connectivity index (χ0n) is 15.6. The molecule has 7 nitrogen and oxygen atoms in total. The van der Waals surface area contributed by atoms with Crippen molar-refractivity contribution in [3.8, 4) is 0 Å². The van der Waals surface area contributed by atoms with Crippen LogP contribution in [0.4, 0.5) is 9.18 Å². The van der Waals surface area contributed by atoms with E-state index in [-0.39, 0.29) is 41.4 Å². The zero-order chi connectivity index (χ0) is 21.5. The van der Waals surface area contributed by atoms with E-state index in [1.54, 1.807) is 23.6 Å². The summed E-state index contributed by atoms with van der Waals surface area (Å²) in [5.41, 5.74) is 0.855. The quantitative estimate of drug-likeness (QED) is 0.493. The van der Waals surface area contributed by atoms with Gasteiger partial charge in [0.15, 0.2) is 6.61 Å². The van der Waals surface area contributed by atoms with Crippen LogP contribution in [0.25, 0.3) is 11.6 Å². The number of hydrogen-bond donors (Lipinski definition) is 1. The minimum atomic E-state index is -0.696. The third-order valence-corrected chi connectivity index (χ3v) is 5.78. The first-order valence-corrected chi connectivity index (χ1v) is 10.7. The SMILES string of the molecule is O=C(COC(=O)C(=Cc1ccc(F)cc1)c1cccs1)NCCN1C(=O)CSC1=O. The molecular formula is C20H17FN2O5S2. The van der Waals surface area contributed by atoms with E-state index in [4.69, 9.17) is 4.74 Å². The molecule has 0 saturated carbocycles. The van der Waals surface area contributed by atoms with Gasteiger partial charge in [-0.15, -0.1) is 11.3 Å². The van der Waals surface area contributed by atoms with Crippen LogP contribution in [0.15, 0.2) is 41.8 Å². The first kappa shape index (κ1) is 21.7. The topological polar surface area (TPSA) is 92.8 Å². The lowest BCUT2D eigenvalue weighted by Gasteiger charge is -2.13. The highest BCUT2D eigenvalue weighted by Gasteiger charge is 2.29. The van der Waals surface area contributed by atoms with Gasteiger partial charge in [-0.05, 0) is 35.2 Å². The summed E-state index contributed by atoms with van der Waals surface area (Å²) in [6.07, 6.45) is 1.56. The Bertz CT molecular complexity index is 958. The molecule has 10 heteroatoms. The Kier molecular flexibility index (Phi) is 7.36. The van der Waals surface area contributed by atoms with E-state index in [1.165, 1.54) is 35.6 Å². The number of halogens is 1. The number of nitrogens with zero attached hydrogens (tertiary/aromatic N) is 1. The molecular weight excluding hydrogens is 431 g/mol. The largest absolute Gasteiger partial charge is 0.452 e. The molecule has 3 amide bonds. The third-order valence-electron chi connectivity index (χ3n) is 4.02. The van der Waals surface area contributed by atoms with E-state index in [9.17, 15) is 23.6 Å². The van der Waals surface area contributed by atoms with Gasteiger partial charge in [-0.25, -0.2) is 9.18 Å². The smallest absolute Gasteiger partial charge is 0.340 e. The van der Waals surface area contributed by atoms with Gasteiger partial charge in [0.2, 0.25) is 5.91 Å². The molecule has 0 unspecified atom stereocenters. The van der Waals surface area contributed by atoms with Crippen LogP contribution >= 0.6 is 23.1 Å². The average molecular weight is 448 g/mol. The van der Waals surface area contributed by atoms with Crippen molar-refractivity contribution in [1.29, 1.82) is 0 Å². The highest BCUT2D eigenvalue weighted by molar-refractivity contribution is 8.14. The van der Waals surface area contributed by atoms with Gasteiger partial charge >= 0.3 is 5.97 Å². The minimum Gasteiger partial charge on any atom is -0.452 e. The monoisotopic (exact) mass is 448 g/mol. The second-order valence-corrected chi connectivity index (χ2v) is 7.99. The fraction of sp³-hybridized carbons (Fsp3) is 0.200. The molecule has 1 fully saturated rings. The molecule has 156 valence electrons. The zero-order valence-corrected chi connectivity index (χ0v) is 17.3. The summed E-state index contributed by atoms with van der Waals surface area (Å²) < 4.78 is 18.2. The normalized spacial score (nSPS) is 14.2. The van der Waals surface area contributed by atoms with Crippen LogP contribution in [0.3, 0.4) is 0 Å². The van der Waals surface area contributed by atoms with E-state index in [1.807, 2.05) is 0 Å². The van der Waals surface area contributed by atoms with Crippen molar-refractivity contribution in [3.05, 3.63) is 58.0 Å². The van der Waals surface area contributed by atoms with E-state index >= 15 is 0 Å². The summed E-state index contributed by atoms with van der Waals surface area (Å²) >= 11 is 2.25. The van der Waals surface area contributed by atoms with Gasteiger partial charge in [0.25, 0.3) is 11.1 Å². The second kappa shape index (κ2) is 10.2. The van der Waals surface area contributed by atoms with Crippen LogP contribution in [0.1, 0.15) is 10.4 Å². The summed E-state index contributed by atoms with van der Waals surface area (Å²) in [7, 11) is 0. The molecule has 1 saturated heterocycles. The number of rotatable bonds is 8. The Morgan fingerprint density at radius 2 is 1.97 bits per heavy atom. The first-order chi connectivity index (χ1) is 14.4. The number of esters is 1. The van der Waals surface area contributed by atoms with Crippen LogP contribution in [0.2, 0.25) is 0 Å².